The van der Waals surface area contributed by atoms with Crippen molar-refractivity contribution in [2.24, 2.45) is 17.8 Å². The number of phosphoric acid groups is 2. The summed E-state index contributed by atoms with van der Waals surface area (Å²) in [7, 11) is -9.92. The lowest BCUT2D eigenvalue weighted by molar-refractivity contribution is -0.161. The minimum atomic E-state index is -4.96. The molecule has 0 aromatic heterocycles. The molecule has 0 spiro atoms. The number of carbonyl (C=O) groups is 4. The van der Waals surface area contributed by atoms with Gasteiger partial charge in [-0.3, -0.25) is 37.3 Å². The maximum absolute atomic E-state index is 13.1. The van der Waals surface area contributed by atoms with Crippen LogP contribution in [-0.2, 0) is 65.4 Å². The van der Waals surface area contributed by atoms with Crippen molar-refractivity contribution in [1.82, 2.24) is 0 Å². The van der Waals surface area contributed by atoms with E-state index in [1.54, 1.807) is 0 Å². The second-order valence-corrected chi connectivity index (χ2v) is 30.2. The number of carbonyl (C=O) groups excluding carboxylic acids is 4. The smallest absolute Gasteiger partial charge is 0.462 e. The first-order valence-electron chi connectivity index (χ1n) is 38.2. The van der Waals surface area contributed by atoms with Crippen LogP contribution in [0.5, 0.6) is 0 Å². The van der Waals surface area contributed by atoms with Gasteiger partial charge < -0.3 is 33.8 Å². The minimum Gasteiger partial charge on any atom is -0.462 e. The van der Waals surface area contributed by atoms with E-state index in [2.05, 4.69) is 72.8 Å². The Kier molecular flexibility index (Phi) is 63.5. The molecule has 0 aromatic rings. The predicted molar refractivity (Wildman–Crippen MR) is 381 cm³/mol. The summed E-state index contributed by atoms with van der Waals surface area (Å²) in [5, 5.41) is 10.6. The molecule has 0 aliphatic carbocycles. The van der Waals surface area contributed by atoms with Crippen molar-refractivity contribution in [3.05, 3.63) is 24.3 Å². The van der Waals surface area contributed by atoms with Crippen molar-refractivity contribution in [3.8, 4) is 0 Å². The van der Waals surface area contributed by atoms with E-state index in [-0.39, 0.29) is 25.7 Å². The van der Waals surface area contributed by atoms with Gasteiger partial charge in [-0.25, -0.2) is 9.13 Å². The fraction of sp³-hybridized carbons (Fsp3) is 0.893. The van der Waals surface area contributed by atoms with E-state index in [4.69, 9.17) is 37.0 Å². The highest BCUT2D eigenvalue weighted by molar-refractivity contribution is 7.47. The van der Waals surface area contributed by atoms with Gasteiger partial charge in [-0.2, -0.15) is 0 Å². The van der Waals surface area contributed by atoms with E-state index >= 15 is 0 Å². The Morgan fingerprint density at radius 3 is 0.947 bits per heavy atom. The minimum absolute atomic E-state index is 0.100. The van der Waals surface area contributed by atoms with Crippen molar-refractivity contribution < 1.29 is 80.2 Å². The van der Waals surface area contributed by atoms with Crippen LogP contribution in [-0.4, -0.2) is 96.7 Å². The van der Waals surface area contributed by atoms with E-state index in [0.717, 1.165) is 127 Å². The fourth-order valence-electron chi connectivity index (χ4n) is 10.8. The summed E-state index contributed by atoms with van der Waals surface area (Å²) < 4.78 is 68.4. The normalized spacial score (nSPS) is 14.8. The topological polar surface area (TPSA) is 237 Å². The van der Waals surface area contributed by atoms with Gasteiger partial charge in [0.25, 0.3) is 0 Å². The van der Waals surface area contributed by atoms with Gasteiger partial charge in [0.15, 0.2) is 12.2 Å². The first-order chi connectivity index (χ1) is 45.3. The first kappa shape index (κ1) is 91.5. The van der Waals surface area contributed by atoms with E-state index in [0.29, 0.717) is 31.6 Å². The molecule has 0 fully saturated rings. The quantitative estimate of drug-likeness (QED) is 0.0169. The number of hydrogen-bond acceptors (Lipinski definition) is 15. The average molecular weight is 1380 g/mol. The lowest BCUT2D eigenvalue weighted by atomic mass is 9.99. The zero-order valence-electron chi connectivity index (χ0n) is 60.9. The molecule has 0 aliphatic heterocycles. The van der Waals surface area contributed by atoms with Gasteiger partial charge >= 0.3 is 39.5 Å². The summed E-state index contributed by atoms with van der Waals surface area (Å²) >= 11 is 0. The van der Waals surface area contributed by atoms with Crippen LogP contribution in [0.15, 0.2) is 24.3 Å². The predicted octanol–water partition coefficient (Wildman–Crippen LogP) is 21.3. The third-order valence-electron chi connectivity index (χ3n) is 17.5. The van der Waals surface area contributed by atoms with E-state index in [1.165, 1.54) is 141 Å². The third-order valence-corrected chi connectivity index (χ3v) is 19.4. The summed E-state index contributed by atoms with van der Waals surface area (Å²) in [6.07, 6.45) is 53.6. The van der Waals surface area contributed by atoms with Gasteiger partial charge in [0.1, 0.15) is 19.3 Å². The Bertz CT molecular complexity index is 1930. The summed E-state index contributed by atoms with van der Waals surface area (Å²) in [6.45, 7) is 11.8. The molecular weight excluding hydrogens is 1230 g/mol. The molecule has 554 valence electrons. The van der Waals surface area contributed by atoms with Gasteiger partial charge in [0, 0.05) is 25.7 Å². The zero-order chi connectivity index (χ0) is 69.4. The van der Waals surface area contributed by atoms with Crippen molar-refractivity contribution in [2.45, 2.75) is 375 Å². The molecule has 0 bridgehead atoms. The molecule has 0 rings (SSSR count). The fourth-order valence-corrected chi connectivity index (χ4v) is 12.4. The third kappa shape index (κ3) is 65.5. The molecule has 0 saturated carbocycles. The lowest BCUT2D eigenvalue weighted by Crippen LogP contribution is -2.30. The molecule has 17 nitrogen and oxygen atoms in total. The number of aliphatic hydroxyl groups excluding tert-OH is 1. The molecule has 0 aliphatic rings. The van der Waals surface area contributed by atoms with Crippen molar-refractivity contribution in [2.75, 3.05) is 39.6 Å². The second-order valence-electron chi connectivity index (χ2n) is 27.3. The van der Waals surface area contributed by atoms with Crippen molar-refractivity contribution in [1.29, 1.82) is 0 Å². The number of rotatable bonds is 71. The molecule has 7 atom stereocenters. The number of unbranched alkanes of at least 4 members (excludes halogenated alkanes) is 34. The molecule has 4 unspecified atom stereocenters. The monoisotopic (exact) mass is 1380 g/mol. The summed E-state index contributed by atoms with van der Waals surface area (Å²) in [6, 6.07) is 0. The van der Waals surface area contributed by atoms with Crippen LogP contribution in [0.2, 0.25) is 0 Å². The van der Waals surface area contributed by atoms with Gasteiger partial charge in [-0.15, -0.1) is 0 Å². The Hall–Kier alpha value is -2.46. The molecule has 0 amide bonds. The lowest BCUT2D eigenvalue weighted by Gasteiger charge is -2.21. The number of aliphatic hydroxyl groups is 1. The highest BCUT2D eigenvalue weighted by atomic mass is 31.2. The number of allylic oxidation sites excluding steroid dienone is 4. The Morgan fingerprint density at radius 1 is 0.351 bits per heavy atom. The molecule has 0 radical (unpaired) electrons. The van der Waals surface area contributed by atoms with Crippen molar-refractivity contribution in [3.63, 3.8) is 0 Å². The number of phosphoric ester groups is 2. The van der Waals surface area contributed by atoms with Gasteiger partial charge in [-0.05, 0) is 69.1 Å². The molecule has 19 heteroatoms. The Balaban J connectivity index is 5.28. The second kappa shape index (κ2) is 65.2. The molecule has 0 saturated heterocycles. The SMILES string of the molecule is CCCCCC/C=C\C=C/CCCCCCCC(=O)OC[C@H](COP(=O)(O)OC[C@@H](O)COP(=O)(O)OC[C@@H](COC(=O)CCCCCCCCC(C)C)OC(=O)CCCCCCCCCCC(C)CC)OC(=O)CCCCCCCCCCCCCCCCC(C)CC. The Labute approximate surface area is 573 Å². The highest BCUT2D eigenvalue weighted by Crippen LogP contribution is 2.45. The van der Waals surface area contributed by atoms with E-state index in [9.17, 15) is 43.2 Å². The van der Waals surface area contributed by atoms with Crippen LogP contribution >= 0.6 is 15.6 Å². The first-order valence-corrected chi connectivity index (χ1v) is 41.2. The molecule has 3 N–H and O–H groups in total. The Morgan fingerprint density at radius 2 is 0.628 bits per heavy atom. The molecule has 0 heterocycles. The summed E-state index contributed by atoms with van der Waals surface area (Å²) in [5.41, 5.74) is 0. The molecule has 0 aromatic carbocycles. The van der Waals surface area contributed by atoms with E-state index < -0.39 is 97.5 Å². The maximum atomic E-state index is 13.1. The van der Waals surface area contributed by atoms with E-state index in [1.807, 2.05) is 0 Å². The molecule has 94 heavy (non-hydrogen) atoms. The number of ether oxygens (including phenoxy) is 4. The summed E-state index contributed by atoms with van der Waals surface area (Å²) in [5.74, 6) is 0.136. The highest BCUT2D eigenvalue weighted by Gasteiger charge is 2.30. The van der Waals surface area contributed by atoms with Crippen LogP contribution < -0.4 is 0 Å². The summed E-state index contributed by atoms with van der Waals surface area (Å²) in [4.78, 5) is 72.7. The van der Waals surface area contributed by atoms with Crippen LogP contribution in [0, 0.1) is 17.8 Å². The molecular formula is C75H142O17P2. The van der Waals surface area contributed by atoms with Crippen LogP contribution in [0.1, 0.15) is 357 Å². The van der Waals surface area contributed by atoms with Gasteiger partial charge in [0.05, 0.1) is 26.4 Å². The van der Waals surface area contributed by atoms with Gasteiger partial charge in [-0.1, -0.05) is 304 Å². The van der Waals surface area contributed by atoms with Crippen LogP contribution in [0.4, 0.5) is 0 Å². The standard InChI is InChI=1S/C75H142O17P2/c1-8-11-12-13-14-15-16-17-18-22-25-28-34-42-49-56-72(77)85-62-70(91-74(79)58-51-44-35-29-26-23-20-19-21-24-27-32-40-47-54-67(6)9-2)64-89-93(81,82)87-60-69(76)61-88-94(83,84)90-65-71(63-86-73(78)57-50-43-38-37-39-46-53-66(4)5)92-75(80)59-52-45-36-31-30-33-41-48-55-68(7)10-3/h15-18,66-71,76H,8-14,19-65H2,1-7H3,(H,81,82)(H,83,84)/b16-15-,18-17-/t67?,68?,69-,70-,71-/m1/s1. The number of hydrogen-bond donors (Lipinski definition) is 3. The van der Waals surface area contributed by atoms with Crippen LogP contribution in [0.3, 0.4) is 0 Å². The van der Waals surface area contributed by atoms with Crippen molar-refractivity contribution >= 4 is 39.5 Å². The zero-order valence-corrected chi connectivity index (χ0v) is 62.7. The van der Waals surface area contributed by atoms with Crippen LogP contribution in [0.25, 0.3) is 0 Å². The van der Waals surface area contributed by atoms with Gasteiger partial charge in [0.2, 0.25) is 0 Å². The largest absolute Gasteiger partial charge is 0.472 e. The maximum Gasteiger partial charge on any atom is 0.472 e. The average Bonchev–Trinajstić information content (AvgIpc) is 1.90. The number of esters is 4.